The summed E-state index contributed by atoms with van der Waals surface area (Å²) >= 11 is 1.37. The Bertz CT molecular complexity index is 995. The van der Waals surface area contributed by atoms with Gasteiger partial charge in [0.1, 0.15) is 5.75 Å². The smallest absolute Gasteiger partial charge is 0.344 e. The molecule has 2 aromatic carbocycles. The van der Waals surface area contributed by atoms with Gasteiger partial charge in [-0.15, -0.1) is 0 Å². The number of rotatable bonds is 7. The molecule has 2 aromatic rings. The Morgan fingerprint density at radius 3 is 2.42 bits per heavy atom. The Hall–Kier alpha value is -3.06. The summed E-state index contributed by atoms with van der Waals surface area (Å²) in [6.45, 7) is 7.91. The third-order valence-electron chi connectivity index (χ3n) is 4.45. The van der Waals surface area contributed by atoms with Gasteiger partial charge in [0.05, 0.1) is 17.2 Å². The first-order chi connectivity index (χ1) is 14.9. The van der Waals surface area contributed by atoms with Gasteiger partial charge in [-0.1, -0.05) is 29.8 Å². The van der Waals surface area contributed by atoms with Gasteiger partial charge in [0.25, 0.3) is 5.91 Å². The van der Waals surface area contributed by atoms with Crippen molar-refractivity contribution in [2.75, 3.05) is 13.2 Å². The number of esters is 1. The topological polar surface area (TPSA) is 68.2 Å². The minimum atomic E-state index is -0.407. The molecular weight excluding hydrogens is 412 g/mol. The molecule has 0 aliphatic carbocycles. The van der Waals surface area contributed by atoms with Crippen LogP contribution in [-0.2, 0) is 14.3 Å². The predicted molar refractivity (Wildman–Crippen MR) is 124 cm³/mol. The van der Waals surface area contributed by atoms with Crippen LogP contribution in [0.15, 0.2) is 58.4 Å². The summed E-state index contributed by atoms with van der Waals surface area (Å²) in [7, 11) is 0. The lowest BCUT2D eigenvalue weighted by atomic mass is 10.2. The number of nitrogens with zero attached hydrogens (tertiary/aromatic N) is 2. The second-order valence-corrected chi connectivity index (χ2v) is 8.28. The summed E-state index contributed by atoms with van der Waals surface area (Å²) in [6.07, 6.45) is 1.84. The van der Waals surface area contributed by atoms with Crippen molar-refractivity contribution >= 4 is 40.6 Å². The van der Waals surface area contributed by atoms with Gasteiger partial charge in [-0.3, -0.25) is 9.69 Å². The quantitative estimate of drug-likeness (QED) is 0.452. The number of aryl methyl sites for hydroxylation is 1. The maximum Gasteiger partial charge on any atom is 0.344 e. The molecule has 3 rings (SSSR count). The van der Waals surface area contributed by atoms with Gasteiger partial charge in [-0.05, 0) is 75.4 Å². The highest BCUT2D eigenvalue weighted by molar-refractivity contribution is 8.18. The van der Waals surface area contributed by atoms with Gasteiger partial charge in [0.15, 0.2) is 11.8 Å². The monoisotopic (exact) mass is 438 g/mol. The average Bonchev–Trinajstić information content (AvgIpc) is 3.04. The minimum absolute atomic E-state index is 0.00579. The number of amides is 1. The number of carbonyl (C=O) groups is 2. The highest BCUT2D eigenvalue weighted by Crippen LogP contribution is 2.35. The zero-order chi connectivity index (χ0) is 22.4. The third kappa shape index (κ3) is 5.98. The van der Waals surface area contributed by atoms with Crippen molar-refractivity contribution in [1.29, 1.82) is 0 Å². The van der Waals surface area contributed by atoms with Gasteiger partial charge >= 0.3 is 5.97 Å². The molecule has 1 fully saturated rings. The summed E-state index contributed by atoms with van der Waals surface area (Å²) < 4.78 is 10.3. The maximum absolute atomic E-state index is 13.0. The minimum Gasteiger partial charge on any atom is -0.482 e. The summed E-state index contributed by atoms with van der Waals surface area (Å²) in [6, 6.07) is 15.1. The first kappa shape index (κ1) is 22.6. The maximum atomic E-state index is 13.0. The largest absolute Gasteiger partial charge is 0.482 e. The number of ether oxygens (including phenoxy) is 2. The Morgan fingerprint density at radius 2 is 1.81 bits per heavy atom. The van der Waals surface area contributed by atoms with Gasteiger partial charge in [-0.25, -0.2) is 9.79 Å². The molecule has 7 heteroatoms. The van der Waals surface area contributed by atoms with E-state index >= 15 is 0 Å². The molecule has 0 radical (unpaired) electrons. The van der Waals surface area contributed by atoms with E-state index < -0.39 is 5.97 Å². The molecule has 0 saturated carbocycles. The van der Waals surface area contributed by atoms with Crippen LogP contribution in [0.25, 0.3) is 6.08 Å². The first-order valence-electron chi connectivity index (χ1n) is 10.1. The lowest BCUT2D eigenvalue weighted by molar-refractivity contribution is -0.145. The second-order valence-electron chi connectivity index (χ2n) is 7.27. The number of carbonyl (C=O) groups excluding carboxylic acids is 2. The van der Waals surface area contributed by atoms with Crippen LogP contribution >= 0.6 is 11.8 Å². The number of thioether (sulfide) groups is 1. The fraction of sp³-hybridized carbons (Fsp3) is 0.292. The molecule has 0 bridgehead atoms. The van der Waals surface area contributed by atoms with Crippen LogP contribution in [0.4, 0.5) is 5.69 Å². The van der Waals surface area contributed by atoms with Crippen LogP contribution in [0.2, 0.25) is 0 Å². The number of hydrogen-bond acceptors (Lipinski definition) is 6. The Morgan fingerprint density at radius 1 is 1.13 bits per heavy atom. The molecule has 0 spiro atoms. The molecule has 0 N–H and O–H groups in total. The molecule has 0 unspecified atom stereocenters. The van der Waals surface area contributed by atoms with Crippen molar-refractivity contribution in [3.05, 3.63) is 64.6 Å². The molecule has 1 amide bonds. The molecule has 1 aliphatic heterocycles. The van der Waals surface area contributed by atoms with Gasteiger partial charge < -0.3 is 9.47 Å². The van der Waals surface area contributed by atoms with E-state index in [1.165, 1.54) is 11.8 Å². The SMILES string of the molecule is CCOC(=O)COc1ccc(/C=C2/SC(=Nc3ccc(C)cc3)N(C(C)C)C2=O)cc1. The zero-order valence-electron chi connectivity index (χ0n) is 18.1. The Kier molecular flexibility index (Phi) is 7.52. The molecule has 1 heterocycles. The van der Waals surface area contributed by atoms with E-state index in [1.54, 1.807) is 24.0 Å². The van der Waals surface area contributed by atoms with Crippen LogP contribution in [0.3, 0.4) is 0 Å². The van der Waals surface area contributed by atoms with Gasteiger partial charge in [0.2, 0.25) is 0 Å². The van der Waals surface area contributed by atoms with Gasteiger partial charge in [0, 0.05) is 6.04 Å². The summed E-state index contributed by atoms with van der Waals surface area (Å²) in [5, 5.41) is 0.671. The molecule has 6 nitrogen and oxygen atoms in total. The highest BCUT2D eigenvalue weighted by Gasteiger charge is 2.35. The van der Waals surface area contributed by atoms with Crippen molar-refractivity contribution in [1.82, 2.24) is 4.90 Å². The van der Waals surface area contributed by atoms with E-state index in [0.29, 0.717) is 22.4 Å². The summed E-state index contributed by atoms with van der Waals surface area (Å²) in [5.41, 5.74) is 2.84. The van der Waals surface area contributed by atoms with E-state index in [4.69, 9.17) is 14.5 Å². The van der Waals surface area contributed by atoms with Crippen molar-refractivity contribution in [2.45, 2.75) is 33.7 Å². The molecule has 0 atom stereocenters. The van der Waals surface area contributed by atoms with Crippen molar-refractivity contribution in [2.24, 2.45) is 4.99 Å². The van der Waals surface area contributed by atoms with Gasteiger partial charge in [-0.2, -0.15) is 0 Å². The van der Waals surface area contributed by atoms with Crippen LogP contribution in [0.1, 0.15) is 31.9 Å². The highest BCUT2D eigenvalue weighted by atomic mass is 32.2. The third-order valence-corrected chi connectivity index (χ3v) is 5.43. The summed E-state index contributed by atoms with van der Waals surface area (Å²) in [5.74, 6) is 0.0929. The van der Waals surface area contributed by atoms with E-state index in [-0.39, 0.29) is 18.6 Å². The van der Waals surface area contributed by atoms with Crippen LogP contribution in [0.5, 0.6) is 5.75 Å². The van der Waals surface area contributed by atoms with Crippen LogP contribution in [-0.4, -0.2) is 41.2 Å². The van der Waals surface area contributed by atoms with E-state index in [2.05, 4.69) is 0 Å². The van der Waals surface area contributed by atoms with E-state index in [9.17, 15) is 9.59 Å². The number of aliphatic imine (C=N–C) groups is 1. The summed E-state index contributed by atoms with van der Waals surface area (Å²) in [4.78, 5) is 31.4. The molecular formula is C24H26N2O4S. The van der Waals surface area contributed by atoms with Crippen molar-refractivity contribution in [3.63, 3.8) is 0 Å². The average molecular weight is 439 g/mol. The Balaban J connectivity index is 1.76. The standard InChI is InChI=1S/C24H26N2O4S/c1-5-29-22(27)15-30-20-12-8-18(9-13-20)14-21-23(28)26(16(2)3)24(31-21)25-19-10-6-17(4)7-11-19/h6-14,16H,5,15H2,1-4H3/b21-14+,25-24?. The van der Waals surface area contributed by atoms with Crippen LogP contribution in [0, 0.1) is 6.92 Å². The molecule has 162 valence electrons. The van der Waals surface area contributed by atoms with E-state index in [0.717, 1.165) is 16.8 Å². The van der Waals surface area contributed by atoms with Crippen molar-refractivity contribution in [3.8, 4) is 5.75 Å². The second kappa shape index (κ2) is 10.3. The van der Waals surface area contributed by atoms with Crippen LogP contribution < -0.4 is 4.74 Å². The lowest BCUT2D eigenvalue weighted by Crippen LogP contribution is -2.35. The number of amidine groups is 1. The molecule has 1 aliphatic rings. The fourth-order valence-electron chi connectivity index (χ4n) is 2.91. The molecule has 1 saturated heterocycles. The lowest BCUT2D eigenvalue weighted by Gasteiger charge is -2.19. The van der Waals surface area contributed by atoms with E-state index in [1.807, 2.05) is 63.2 Å². The fourth-order valence-corrected chi connectivity index (χ4v) is 4.03. The zero-order valence-corrected chi connectivity index (χ0v) is 18.9. The normalized spacial score (nSPS) is 16.4. The molecule has 0 aromatic heterocycles. The first-order valence-corrected chi connectivity index (χ1v) is 11.0. The number of hydrogen-bond donors (Lipinski definition) is 0. The van der Waals surface area contributed by atoms with Crippen molar-refractivity contribution < 1.29 is 19.1 Å². The molecule has 31 heavy (non-hydrogen) atoms. The number of benzene rings is 2. The Labute approximate surface area is 187 Å². The predicted octanol–water partition coefficient (Wildman–Crippen LogP) is 4.95.